The van der Waals surface area contributed by atoms with E-state index >= 15 is 0 Å². The Labute approximate surface area is 201 Å². The molecule has 0 radical (unpaired) electrons. The lowest BCUT2D eigenvalue weighted by Gasteiger charge is -2.26. The van der Waals surface area contributed by atoms with Crippen LogP contribution >= 0.6 is 0 Å². The second-order valence-electron chi connectivity index (χ2n) is 10.4. The monoisotopic (exact) mass is 456 g/mol. The molecule has 5 nitrogen and oxygen atoms in total. The molecule has 4 aromatic rings. The number of carbonyl (C=O) groups excluding carboxylic acids is 1. The van der Waals surface area contributed by atoms with Crippen molar-refractivity contribution in [1.29, 1.82) is 0 Å². The number of hydrogen-bond donors (Lipinski definition) is 1. The average molecular weight is 457 g/mol. The number of hydrogen-bond acceptors (Lipinski definition) is 4. The van der Waals surface area contributed by atoms with Crippen molar-refractivity contribution in [3.05, 3.63) is 77.4 Å². The number of aryl methyl sites for hydroxylation is 2. The van der Waals surface area contributed by atoms with Crippen LogP contribution in [0.3, 0.4) is 0 Å². The van der Waals surface area contributed by atoms with Crippen molar-refractivity contribution in [2.24, 2.45) is 0 Å². The summed E-state index contributed by atoms with van der Waals surface area (Å²) in [4.78, 5) is 17.7. The number of aromatic nitrogens is 1. The maximum absolute atomic E-state index is 13.0. The molecule has 0 unspecified atom stereocenters. The van der Waals surface area contributed by atoms with Crippen LogP contribution in [0.5, 0.6) is 5.75 Å². The molecule has 0 aliphatic rings. The van der Waals surface area contributed by atoms with E-state index in [0.29, 0.717) is 28.4 Å². The average Bonchev–Trinajstić information content (AvgIpc) is 3.16. The highest BCUT2D eigenvalue weighted by molar-refractivity contribution is 5.98. The third kappa shape index (κ3) is 4.98. The van der Waals surface area contributed by atoms with Gasteiger partial charge >= 0.3 is 0 Å². The maximum Gasteiger partial charge on any atom is 0.267 e. The van der Waals surface area contributed by atoms with Crippen LogP contribution in [0.15, 0.2) is 65.1 Å². The van der Waals surface area contributed by atoms with Crippen LogP contribution in [0.1, 0.15) is 51.3 Å². The number of amides is 1. The summed E-state index contributed by atoms with van der Waals surface area (Å²) in [6.07, 6.45) is 0. The normalized spacial score (nSPS) is 12.1. The van der Waals surface area contributed by atoms with Gasteiger partial charge in [0.1, 0.15) is 11.3 Å². The van der Waals surface area contributed by atoms with Gasteiger partial charge in [0.25, 0.3) is 5.91 Å². The quantitative estimate of drug-likeness (QED) is 0.345. The van der Waals surface area contributed by atoms with E-state index in [2.05, 4.69) is 44.1 Å². The molecule has 0 aliphatic carbocycles. The van der Waals surface area contributed by atoms with Gasteiger partial charge in [0.2, 0.25) is 5.89 Å². The van der Waals surface area contributed by atoms with Crippen LogP contribution in [-0.2, 0) is 10.2 Å². The highest BCUT2D eigenvalue weighted by Gasteiger charge is 2.30. The van der Waals surface area contributed by atoms with Gasteiger partial charge in [-0.05, 0) is 80.6 Å². The van der Waals surface area contributed by atoms with Crippen molar-refractivity contribution >= 4 is 22.7 Å². The first-order valence-electron chi connectivity index (χ1n) is 11.5. The van der Waals surface area contributed by atoms with Gasteiger partial charge in [-0.25, -0.2) is 4.98 Å². The highest BCUT2D eigenvalue weighted by Crippen LogP contribution is 2.30. The molecule has 1 aromatic heterocycles. The minimum atomic E-state index is -1.06. The Kier molecular flexibility index (Phi) is 5.98. The number of benzene rings is 3. The number of carbonyl (C=O) groups is 1. The van der Waals surface area contributed by atoms with Gasteiger partial charge in [-0.15, -0.1) is 0 Å². The predicted molar refractivity (Wildman–Crippen MR) is 137 cm³/mol. The third-order valence-electron chi connectivity index (χ3n) is 5.90. The Morgan fingerprint density at radius 2 is 1.62 bits per heavy atom. The number of anilines is 1. The fourth-order valence-electron chi connectivity index (χ4n) is 3.82. The van der Waals surface area contributed by atoms with Gasteiger partial charge in [0.15, 0.2) is 11.2 Å². The molecule has 0 aliphatic heterocycles. The molecule has 0 fully saturated rings. The summed E-state index contributed by atoms with van der Waals surface area (Å²) < 4.78 is 12.0. The molecule has 1 amide bonds. The van der Waals surface area contributed by atoms with E-state index in [4.69, 9.17) is 9.15 Å². The second kappa shape index (κ2) is 8.64. The van der Waals surface area contributed by atoms with Crippen LogP contribution in [0, 0.1) is 13.8 Å². The number of rotatable bonds is 5. The zero-order chi connectivity index (χ0) is 24.7. The van der Waals surface area contributed by atoms with Crippen LogP contribution in [0.2, 0.25) is 0 Å². The standard InChI is InChI=1S/C29H32N2O3/c1-18-8-14-23(19(2)16-18)26-31-24-17-21(11-15-25(24)33-26)30-27(32)29(6,7)34-22-12-9-20(10-13-22)28(3,4)5/h8-17H,1-7H3,(H,30,32). The van der Waals surface area contributed by atoms with Crippen molar-refractivity contribution in [1.82, 2.24) is 4.98 Å². The first kappa shape index (κ1) is 23.6. The van der Waals surface area contributed by atoms with E-state index in [1.54, 1.807) is 13.8 Å². The SMILES string of the molecule is Cc1ccc(-c2nc3cc(NC(=O)C(C)(C)Oc4ccc(C(C)(C)C)cc4)ccc3o2)c(C)c1. The molecule has 34 heavy (non-hydrogen) atoms. The zero-order valence-electron chi connectivity index (χ0n) is 20.9. The lowest BCUT2D eigenvalue weighted by molar-refractivity contribution is -0.128. The van der Waals surface area contributed by atoms with E-state index in [-0.39, 0.29) is 11.3 Å². The van der Waals surface area contributed by atoms with Crippen LogP contribution < -0.4 is 10.1 Å². The number of nitrogens with zero attached hydrogens (tertiary/aromatic N) is 1. The Morgan fingerprint density at radius 3 is 2.26 bits per heavy atom. The Bertz CT molecular complexity index is 1340. The third-order valence-corrected chi connectivity index (χ3v) is 5.90. The lowest BCUT2D eigenvalue weighted by Crippen LogP contribution is -2.42. The Balaban J connectivity index is 1.50. The van der Waals surface area contributed by atoms with E-state index in [1.165, 1.54) is 11.1 Å². The summed E-state index contributed by atoms with van der Waals surface area (Å²) in [7, 11) is 0. The lowest BCUT2D eigenvalue weighted by atomic mass is 9.87. The smallest absolute Gasteiger partial charge is 0.267 e. The minimum absolute atomic E-state index is 0.0587. The molecule has 5 heteroatoms. The molecular weight excluding hydrogens is 424 g/mol. The summed E-state index contributed by atoms with van der Waals surface area (Å²) in [6.45, 7) is 14.1. The number of oxazole rings is 1. The largest absolute Gasteiger partial charge is 0.478 e. The van der Waals surface area contributed by atoms with Crippen molar-refractivity contribution in [3.63, 3.8) is 0 Å². The molecule has 0 spiro atoms. The summed E-state index contributed by atoms with van der Waals surface area (Å²) in [6, 6.07) is 19.5. The van der Waals surface area contributed by atoms with E-state index < -0.39 is 5.60 Å². The molecular formula is C29H32N2O3. The van der Waals surface area contributed by atoms with Gasteiger partial charge in [0.05, 0.1) is 0 Å². The van der Waals surface area contributed by atoms with Gasteiger partial charge in [0, 0.05) is 11.3 Å². The van der Waals surface area contributed by atoms with Gasteiger partial charge in [-0.2, -0.15) is 0 Å². The molecule has 1 N–H and O–H groups in total. The molecule has 1 heterocycles. The van der Waals surface area contributed by atoms with Crippen molar-refractivity contribution in [2.75, 3.05) is 5.32 Å². The number of nitrogens with one attached hydrogen (secondary N) is 1. The van der Waals surface area contributed by atoms with Crippen LogP contribution in [-0.4, -0.2) is 16.5 Å². The summed E-state index contributed by atoms with van der Waals surface area (Å²) >= 11 is 0. The van der Waals surface area contributed by atoms with Gasteiger partial charge in [-0.1, -0.05) is 50.6 Å². The van der Waals surface area contributed by atoms with E-state index in [9.17, 15) is 4.79 Å². The zero-order valence-corrected chi connectivity index (χ0v) is 20.9. The topological polar surface area (TPSA) is 64.4 Å². The first-order valence-corrected chi connectivity index (χ1v) is 11.5. The van der Waals surface area contributed by atoms with Crippen molar-refractivity contribution < 1.29 is 13.9 Å². The molecule has 176 valence electrons. The van der Waals surface area contributed by atoms with Crippen molar-refractivity contribution in [3.8, 4) is 17.2 Å². The molecule has 4 rings (SSSR count). The predicted octanol–water partition coefficient (Wildman–Crippen LogP) is 7.21. The summed E-state index contributed by atoms with van der Waals surface area (Å²) in [5, 5.41) is 2.95. The Morgan fingerprint density at radius 1 is 0.912 bits per heavy atom. The molecule has 0 bridgehead atoms. The van der Waals surface area contributed by atoms with E-state index in [0.717, 1.165) is 11.1 Å². The van der Waals surface area contributed by atoms with Gasteiger partial charge in [-0.3, -0.25) is 4.79 Å². The molecule has 0 saturated carbocycles. The van der Waals surface area contributed by atoms with Crippen molar-refractivity contribution in [2.45, 2.75) is 59.5 Å². The summed E-state index contributed by atoms with van der Waals surface area (Å²) in [5.74, 6) is 0.974. The first-order chi connectivity index (χ1) is 15.9. The van der Waals surface area contributed by atoms with Crippen LogP contribution in [0.25, 0.3) is 22.6 Å². The van der Waals surface area contributed by atoms with Gasteiger partial charge < -0.3 is 14.5 Å². The summed E-state index contributed by atoms with van der Waals surface area (Å²) in [5.41, 5.74) is 5.45. The van der Waals surface area contributed by atoms with Crippen LogP contribution in [0.4, 0.5) is 5.69 Å². The fraction of sp³-hybridized carbons (Fsp3) is 0.310. The molecule has 0 saturated heterocycles. The second-order valence-corrected chi connectivity index (χ2v) is 10.4. The molecule has 3 aromatic carbocycles. The number of fused-ring (bicyclic) bond motifs is 1. The fourth-order valence-corrected chi connectivity index (χ4v) is 3.82. The maximum atomic E-state index is 13.0. The molecule has 0 atom stereocenters. The Hall–Kier alpha value is -3.60. The highest BCUT2D eigenvalue weighted by atomic mass is 16.5. The van der Waals surface area contributed by atoms with E-state index in [1.807, 2.05) is 61.5 Å². The minimum Gasteiger partial charge on any atom is -0.478 e. The number of ether oxygens (including phenoxy) is 1.